The maximum Gasteiger partial charge on any atom is 0.458 e. The second-order valence-electron chi connectivity index (χ2n) is 11.6. The summed E-state index contributed by atoms with van der Waals surface area (Å²) in [6, 6.07) is 9.37. The van der Waals surface area contributed by atoms with Crippen LogP contribution in [0.1, 0.15) is 40.9 Å². The van der Waals surface area contributed by atoms with Crippen molar-refractivity contribution in [3.63, 3.8) is 0 Å². The summed E-state index contributed by atoms with van der Waals surface area (Å²) in [5.74, 6) is -5.92. The molecule has 6 rings (SSSR count). The largest absolute Gasteiger partial charge is 0.458 e. The first kappa shape index (κ1) is 37.7. The molecule has 3 N–H and O–H groups in total. The van der Waals surface area contributed by atoms with E-state index in [1.165, 1.54) is 6.26 Å². The van der Waals surface area contributed by atoms with Crippen LogP contribution < -0.4 is 16.0 Å². The van der Waals surface area contributed by atoms with Gasteiger partial charge in [-0.05, 0) is 67.0 Å². The van der Waals surface area contributed by atoms with Crippen LogP contribution >= 0.6 is 11.6 Å². The molecule has 0 spiro atoms. The van der Waals surface area contributed by atoms with Crippen molar-refractivity contribution in [1.29, 1.82) is 0 Å². The van der Waals surface area contributed by atoms with E-state index in [4.69, 9.17) is 16.1 Å². The Balaban J connectivity index is 0.000000376. The number of ketones is 2. The number of rotatable bonds is 5. The van der Waals surface area contributed by atoms with Gasteiger partial charge in [-0.2, -0.15) is 31.3 Å². The Hall–Kier alpha value is -5.59. The molecule has 0 radical (unpaired) electrons. The average Bonchev–Trinajstić information content (AvgIpc) is 3.64. The Morgan fingerprint density at radius 2 is 1.62 bits per heavy atom. The number of Topliss-reactive ketones (excluding diaryl/α,β-unsaturated/α-hetero) is 2. The highest BCUT2D eigenvalue weighted by Gasteiger charge is 2.54. The smallest absolute Gasteiger partial charge is 0.364 e. The van der Waals surface area contributed by atoms with E-state index in [0.29, 0.717) is 48.4 Å². The fraction of sp³-hybridized carbons (Fsp3) is 0.312. The zero-order chi connectivity index (χ0) is 37.6. The van der Waals surface area contributed by atoms with Crippen LogP contribution in [0.3, 0.4) is 0 Å². The van der Waals surface area contributed by atoms with Gasteiger partial charge in [-0.25, -0.2) is 4.98 Å². The van der Waals surface area contributed by atoms with Crippen molar-refractivity contribution < 1.29 is 50.0 Å². The van der Waals surface area contributed by atoms with Gasteiger partial charge in [0.25, 0.3) is 5.91 Å². The summed E-state index contributed by atoms with van der Waals surface area (Å²) < 4.78 is 71.7. The van der Waals surface area contributed by atoms with E-state index in [9.17, 15) is 45.5 Å². The van der Waals surface area contributed by atoms with Crippen molar-refractivity contribution in [2.45, 2.75) is 44.5 Å². The predicted octanol–water partition coefficient (Wildman–Crippen LogP) is 6.23. The maximum absolute atomic E-state index is 13.1. The average molecular weight is 753 g/mol. The quantitative estimate of drug-likeness (QED) is 0.156. The van der Waals surface area contributed by atoms with E-state index in [1.54, 1.807) is 23.4 Å². The van der Waals surface area contributed by atoms with Crippen LogP contribution in [0.2, 0.25) is 5.02 Å². The predicted molar refractivity (Wildman–Crippen MR) is 172 cm³/mol. The first-order chi connectivity index (χ1) is 24.6. The molecule has 2 aliphatic heterocycles. The second-order valence-corrected chi connectivity index (χ2v) is 12.0. The molecule has 1 aromatic carbocycles. The molecular formula is C32H27ClF6N8O5. The minimum absolute atomic E-state index is 0.0440. The van der Waals surface area contributed by atoms with Gasteiger partial charge in [0, 0.05) is 43.1 Å². The first-order valence-electron chi connectivity index (χ1n) is 15.4. The summed E-state index contributed by atoms with van der Waals surface area (Å²) in [6.45, 7) is 1.18. The van der Waals surface area contributed by atoms with Gasteiger partial charge in [0.2, 0.25) is 11.9 Å². The molecule has 2 aliphatic rings. The molecule has 2 amide bonds. The second kappa shape index (κ2) is 15.7. The van der Waals surface area contributed by atoms with Crippen molar-refractivity contribution >= 4 is 63.8 Å². The molecule has 5 heterocycles. The SMILES string of the molecule is O=C(C(=O)C(F)(F)F)C(F)(F)F.O=C(CC1CCN(C(=O)c2ccon2)CC1)Nc1ccc2cc1CCc1cncc(c1)Nc1ncc(Cl)c(n1)N2. The number of hydrogen-bond acceptors (Lipinski definition) is 11. The van der Waals surface area contributed by atoms with Gasteiger partial charge in [-0.1, -0.05) is 16.8 Å². The normalized spacial score (nSPS) is 14.6. The molecule has 1 fully saturated rings. The number of anilines is 5. The molecule has 274 valence electrons. The van der Waals surface area contributed by atoms with Gasteiger partial charge in [0.1, 0.15) is 11.3 Å². The van der Waals surface area contributed by atoms with E-state index in [1.807, 2.05) is 30.5 Å². The summed E-state index contributed by atoms with van der Waals surface area (Å²) in [4.78, 5) is 59.7. The summed E-state index contributed by atoms with van der Waals surface area (Å²) in [7, 11) is 0. The van der Waals surface area contributed by atoms with E-state index < -0.39 is 23.9 Å². The lowest BCUT2D eigenvalue weighted by atomic mass is 9.93. The van der Waals surface area contributed by atoms with Gasteiger partial charge in [0.05, 0.1) is 18.1 Å². The minimum Gasteiger partial charge on any atom is -0.364 e. The Morgan fingerprint density at radius 1 is 0.904 bits per heavy atom. The van der Waals surface area contributed by atoms with Crippen molar-refractivity contribution in [2.75, 3.05) is 29.0 Å². The molecule has 6 bridgehead atoms. The third kappa shape index (κ3) is 9.80. The fourth-order valence-electron chi connectivity index (χ4n) is 5.30. The van der Waals surface area contributed by atoms with Crippen molar-refractivity contribution in [2.24, 2.45) is 5.92 Å². The Morgan fingerprint density at radius 3 is 2.27 bits per heavy atom. The molecule has 52 heavy (non-hydrogen) atoms. The molecule has 1 saturated heterocycles. The molecule has 0 aliphatic carbocycles. The number of aryl methyl sites for hydroxylation is 2. The maximum atomic E-state index is 13.1. The number of carbonyl (C=O) groups excluding carboxylic acids is 4. The third-order valence-corrected chi connectivity index (χ3v) is 8.15. The number of carbonyl (C=O) groups is 4. The first-order valence-corrected chi connectivity index (χ1v) is 15.8. The Labute approximate surface area is 295 Å². The van der Waals surface area contributed by atoms with Crippen molar-refractivity contribution in [1.82, 2.24) is 25.0 Å². The van der Waals surface area contributed by atoms with E-state index in [0.717, 1.165) is 47.5 Å². The number of aromatic nitrogens is 4. The van der Waals surface area contributed by atoms with Crippen LogP contribution in [0.5, 0.6) is 0 Å². The van der Waals surface area contributed by atoms with Crippen LogP contribution in [0.15, 0.2) is 59.7 Å². The summed E-state index contributed by atoms with van der Waals surface area (Å²) in [5.41, 5.74) is 4.67. The number of fused-ring (bicyclic) bond motifs is 6. The monoisotopic (exact) mass is 752 g/mol. The summed E-state index contributed by atoms with van der Waals surface area (Å²) in [6.07, 6.45) is -1.74. The zero-order valence-electron chi connectivity index (χ0n) is 26.6. The number of benzene rings is 1. The molecule has 0 saturated carbocycles. The lowest BCUT2D eigenvalue weighted by Crippen LogP contribution is -2.39. The summed E-state index contributed by atoms with van der Waals surface area (Å²) >= 11 is 6.36. The topological polar surface area (TPSA) is 172 Å². The van der Waals surface area contributed by atoms with Crippen LogP contribution in [-0.4, -0.2) is 73.8 Å². The van der Waals surface area contributed by atoms with E-state index in [-0.39, 0.29) is 17.7 Å². The van der Waals surface area contributed by atoms with Gasteiger partial charge in [-0.15, -0.1) is 0 Å². The molecule has 13 nitrogen and oxygen atoms in total. The van der Waals surface area contributed by atoms with Gasteiger partial charge in [0.15, 0.2) is 11.5 Å². The molecular weight excluding hydrogens is 726 g/mol. The standard InChI is InChI=1S/C28H27ClN8O3.C4F6O2/c29-22-16-31-28-33-21-11-18(14-30-15-21)1-2-19-13-20(32-26(22)35-28)3-4-23(19)34-25(38)12-17-5-8-37(9-6-17)27(39)24-7-10-40-36-24;5-3(6,7)1(11)2(12)4(8,9)10/h3-4,7,10-11,13-17H,1-2,5-6,8-9,12H2,(H,34,38)(H2,31,32,33,35);. The molecule has 0 atom stereocenters. The molecule has 3 aromatic heterocycles. The van der Waals surface area contributed by atoms with Crippen LogP contribution in [0.4, 0.5) is 55.2 Å². The lowest BCUT2D eigenvalue weighted by molar-refractivity contribution is -0.193. The Kier molecular flexibility index (Phi) is 11.4. The number of nitrogens with one attached hydrogen (secondary N) is 3. The number of halogens is 7. The van der Waals surface area contributed by atoms with Crippen molar-refractivity contribution in [3.05, 3.63) is 77.0 Å². The molecule has 20 heteroatoms. The number of amides is 2. The van der Waals surface area contributed by atoms with E-state index in [2.05, 4.69) is 36.1 Å². The van der Waals surface area contributed by atoms with Crippen LogP contribution in [-0.2, 0) is 27.2 Å². The number of piperidine rings is 1. The van der Waals surface area contributed by atoms with Crippen LogP contribution in [0.25, 0.3) is 0 Å². The van der Waals surface area contributed by atoms with Crippen LogP contribution in [0, 0.1) is 5.92 Å². The zero-order valence-corrected chi connectivity index (χ0v) is 27.4. The highest BCUT2D eigenvalue weighted by molar-refractivity contribution is 6.41. The number of likely N-dealkylation sites (tertiary alicyclic amines) is 1. The number of nitrogens with zero attached hydrogens (tertiary/aromatic N) is 5. The minimum atomic E-state index is -5.77. The number of alkyl halides is 6. The van der Waals surface area contributed by atoms with Gasteiger partial charge >= 0.3 is 23.9 Å². The Bertz CT molecular complexity index is 1930. The highest BCUT2D eigenvalue weighted by Crippen LogP contribution is 2.30. The molecule has 4 aromatic rings. The highest BCUT2D eigenvalue weighted by atomic mass is 35.5. The van der Waals surface area contributed by atoms with Gasteiger partial charge < -0.3 is 25.4 Å². The van der Waals surface area contributed by atoms with E-state index >= 15 is 0 Å². The van der Waals surface area contributed by atoms with Crippen molar-refractivity contribution in [3.8, 4) is 0 Å². The van der Waals surface area contributed by atoms with Gasteiger partial charge in [-0.3, -0.25) is 24.2 Å². The number of pyridine rings is 1. The summed E-state index contributed by atoms with van der Waals surface area (Å²) in [5, 5.41) is 13.7. The fourth-order valence-corrected chi connectivity index (χ4v) is 5.44. The molecule has 0 unspecified atom stereocenters. The third-order valence-electron chi connectivity index (χ3n) is 7.87. The number of hydrogen-bond donors (Lipinski definition) is 3. The lowest BCUT2D eigenvalue weighted by Gasteiger charge is -2.31.